The summed E-state index contributed by atoms with van der Waals surface area (Å²) in [6, 6.07) is 11.6. The van der Waals surface area contributed by atoms with Crippen molar-refractivity contribution in [3.63, 3.8) is 0 Å². The second kappa shape index (κ2) is 8.42. The lowest BCUT2D eigenvalue weighted by Crippen LogP contribution is -2.44. The summed E-state index contributed by atoms with van der Waals surface area (Å²) in [4.78, 5) is 29.6. The molecule has 3 aromatic rings. The van der Waals surface area contributed by atoms with Crippen molar-refractivity contribution in [1.29, 1.82) is 5.26 Å². The van der Waals surface area contributed by atoms with Crippen LogP contribution in [0, 0.1) is 17.2 Å². The summed E-state index contributed by atoms with van der Waals surface area (Å²) < 4.78 is 1.92. The molecule has 1 saturated carbocycles. The quantitative estimate of drug-likeness (QED) is 0.545. The largest absolute Gasteiger partial charge is 0.321 e. The van der Waals surface area contributed by atoms with Crippen molar-refractivity contribution in [3.8, 4) is 6.07 Å². The third kappa shape index (κ3) is 3.81. The van der Waals surface area contributed by atoms with Crippen molar-refractivity contribution in [2.45, 2.75) is 56.8 Å². The molecule has 0 bridgehead atoms. The van der Waals surface area contributed by atoms with Crippen molar-refractivity contribution in [2.75, 3.05) is 5.32 Å². The van der Waals surface area contributed by atoms with E-state index in [1.807, 2.05) is 35.9 Å². The van der Waals surface area contributed by atoms with Gasteiger partial charge in [-0.05, 0) is 60.9 Å². The minimum Gasteiger partial charge on any atom is -0.321 e. The molecule has 2 heterocycles. The fourth-order valence-electron chi connectivity index (χ4n) is 5.74. The number of hydrogen-bond donors (Lipinski definition) is 1. The Morgan fingerprint density at radius 1 is 1.31 bits per heavy atom. The third-order valence-corrected chi connectivity index (χ3v) is 7.63. The number of aldehydes is 1. The van der Waals surface area contributed by atoms with Gasteiger partial charge in [0.25, 0.3) is 5.91 Å². The summed E-state index contributed by atoms with van der Waals surface area (Å²) in [6.45, 7) is 4.19. The number of amides is 1. The SMILES string of the molecule is Cn1cnnc1C1(c2cccc(NC(=O)c3cc(C=O)c4c(n3)C(C)(C)CC4)c2)CC(CC#N)C1. The molecule has 0 atom stereocenters. The Labute approximate surface area is 204 Å². The van der Waals surface area contributed by atoms with Gasteiger partial charge in [-0.1, -0.05) is 26.0 Å². The van der Waals surface area contributed by atoms with Crippen molar-refractivity contribution < 1.29 is 9.59 Å². The second-order valence-corrected chi connectivity index (χ2v) is 10.4. The molecule has 1 fully saturated rings. The van der Waals surface area contributed by atoms with Gasteiger partial charge in [-0.25, -0.2) is 4.98 Å². The summed E-state index contributed by atoms with van der Waals surface area (Å²) >= 11 is 0. The molecule has 1 N–H and O–H groups in total. The molecule has 0 aliphatic heterocycles. The Hall–Kier alpha value is -3.86. The van der Waals surface area contributed by atoms with E-state index >= 15 is 0 Å². The van der Waals surface area contributed by atoms with E-state index in [2.05, 4.69) is 40.4 Å². The molecule has 178 valence electrons. The molecule has 0 unspecified atom stereocenters. The summed E-state index contributed by atoms with van der Waals surface area (Å²) in [6.07, 6.45) is 6.31. The Morgan fingerprint density at radius 2 is 2.11 bits per heavy atom. The average molecular weight is 469 g/mol. The van der Waals surface area contributed by atoms with Crippen LogP contribution < -0.4 is 5.32 Å². The molecule has 0 saturated heterocycles. The smallest absolute Gasteiger partial charge is 0.274 e. The monoisotopic (exact) mass is 468 g/mol. The first-order valence-electron chi connectivity index (χ1n) is 11.9. The van der Waals surface area contributed by atoms with E-state index < -0.39 is 0 Å². The maximum absolute atomic E-state index is 13.2. The van der Waals surface area contributed by atoms with Crippen molar-refractivity contribution in [2.24, 2.45) is 13.0 Å². The van der Waals surface area contributed by atoms with E-state index in [9.17, 15) is 9.59 Å². The van der Waals surface area contributed by atoms with Crippen LogP contribution in [-0.4, -0.2) is 31.9 Å². The topological polar surface area (TPSA) is 114 Å². The van der Waals surface area contributed by atoms with E-state index in [-0.39, 0.29) is 22.4 Å². The first-order valence-corrected chi connectivity index (χ1v) is 11.9. The minimum atomic E-state index is -0.353. The van der Waals surface area contributed by atoms with E-state index in [0.717, 1.165) is 54.6 Å². The summed E-state index contributed by atoms with van der Waals surface area (Å²) in [5.74, 6) is 0.809. The highest BCUT2D eigenvalue weighted by Gasteiger charge is 2.49. The van der Waals surface area contributed by atoms with Crippen LogP contribution in [0.5, 0.6) is 0 Å². The molecule has 0 radical (unpaired) electrons. The van der Waals surface area contributed by atoms with Gasteiger partial charge in [0.1, 0.15) is 24.1 Å². The number of hydrogen-bond acceptors (Lipinski definition) is 6. The molecule has 1 aromatic carbocycles. The molecular weight excluding hydrogens is 440 g/mol. The molecule has 8 heteroatoms. The Morgan fingerprint density at radius 3 is 2.80 bits per heavy atom. The van der Waals surface area contributed by atoms with Gasteiger partial charge >= 0.3 is 0 Å². The molecule has 2 aliphatic carbocycles. The number of nitrogens with one attached hydrogen (secondary N) is 1. The normalized spacial score (nSPS) is 22.1. The van der Waals surface area contributed by atoms with E-state index in [1.165, 1.54) is 0 Å². The number of aromatic nitrogens is 4. The molecule has 2 aliphatic rings. The molecule has 8 nitrogen and oxygen atoms in total. The molecule has 35 heavy (non-hydrogen) atoms. The van der Waals surface area contributed by atoms with Gasteiger partial charge in [-0.15, -0.1) is 10.2 Å². The predicted octanol–water partition coefficient (Wildman–Crippen LogP) is 4.11. The average Bonchev–Trinajstić information content (AvgIpc) is 3.38. The van der Waals surface area contributed by atoms with Crippen molar-refractivity contribution >= 4 is 17.9 Å². The standard InChI is InChI=1S/C27H28N6O2/c1-26(2)9-7-21-18(15-34)11-22(31-23(21)26)24(35)30-20-6-4-5-19(12-20)27(13-17(14-27)8-10-28)25-32-29-16-33(25)3/h4-6,11-12,15-17H,7-9,13-14H2,1-3H3,(H,30,35). The highest BCUT2D eigenvalue weighted by atomic mass is 16.2. The zero-order valence-corrected chi connectivity index (χ0v) is 20.2. The number of benzene rings is 1. The van der Waals surface area contributed by atoms with Crippen LogP contribution in [0.1, 0.15) is 83.0 Å². The predicted molar refractivity (Wildman–Crippen MR) is 130 cm³/mol. The lowest BCUT2D eigenvalue weighted by Gasteiger charge is -2.46. The number of anilines is 1. The van der Waals surface area contributed by atoms with Gasteiger partial charge in [-0.3, -0.25) is 9.59 Å². The third-order valence-electron chi connectivity index (χ3n) is 7.63. The molecule has 0 spiro atoms. The van der Waals surface area contributed by atoms with Gasteiger partial charge in [0.15, 0.2) is 0 Å². The number of nitriles is 1. The molecular formula is C27H28N6O2. The van der Waals surface area contributed by atoms with Crippen LogP contribution in [0.2, 0.25) is 0 Å². The number of nitrogens with zero attached hydrogens (tertiary/aromatic N) is 5. The summed E-state index contributed by atoms with van der Waals surface area (Å²) in [5, 5.41) is 20.6. The van der Waals surface area contributed by atoms with Gasteiger partial charge < -0.3 is 9.88 Å². The lowest BCUT2D eigenvalue weighted by atomic mass is 9.57. The van der Waals surface area contributed by atoms with Crippen molar-refractivity contribution in [1.82, 2.24) is 19.7 Å². The Bertz CT molecular complexity index is 1360. The minimum absolute atomic E-state index is 0.171. The summed E-state index contributed by atoms with van der Waals surface area (Å²) in [7, 11) is 1.92. The van der Waals surface area contributed by atoms with E-state index in [4.69, 9.17) is 5.26 Å². The van der Waals surface area contributed by atoms with Crippen LogP contribution in [0.15, 0.2) is 36.7 Å². The summed E-state index contributed by atoms with van der Waals surface area (Å²) in [5.41, 5.74) is 3.71. The van der Waals surface area contributed by atoms with Gasteiger partial charge in [0.05, 0.1) is 17.2 Å². The number of carbonyl (C=O) groups excluding carboxylic acids is 2. The fourth-order valence-corrected chi connectivity index (χ4v) is 5.74. The first-order chi connectivity index (χ1) is 16.8. The zero-order valence-electron chi connectivity index (χ0n) is 20.2. The van der Waals surface area contributed by atoms with Gasteiger partial charge in [0, 0.05) is 30.1 Å². The van der Waals surface area contributed by atoms with Crippen LogP contribution in [0.3, 0.4) is 0 Å². The molecule has 1 amide bonds. The number of carbonyl (C=O) groups is 2. The van der Waals surface area contributed by atoms with Gasteiger partial charge in [-0.2, -0.15) is 5.26 Å². The maximum Gasteiger partial charge on any atom is 0.274 e. The zero-order chi connectivity index (χ0) is 24.8. The van der Waals surface area contributed by atoms with Crippen LogP contribution in [0.4, 0.5) is 5.69 Å². The number of aryl methyl sites for hydroxylation is 1. The molecule has 2 aromatic heterocycles. The lowest BCUT2D eigenvalue weighted by molar-refractivity contribution is 0.102. The second-order valence-electron chi connectivity index (χ2n) is 10.4. The number of fused-ring (bicyclic) bond motifs is 1. The highest BCUT2D eigenvalue weighted by molar-refractivity contribution is 6.04. The Balaban J connectivity index is 1.45. The maximum atomic E-state index is 13.2. The van der Waals surface area contributed by atoms with Crippen LogP contribution >= 0.6 is 0 Å². The van der Waals surface area contributed by atoms with Crippen LogP contribution in [0.25, 0.3) is 0 Å². The van der Waals surface area contributed by atoms with Gasteiger partial charge in [0.2, 0.25) is 0 Å². The molecule has 5 rings (SSSR count). The van der Waals surface area contributed by atoms with E-state index in [1.54, 1.807) is 12.4 Å². The Kier molecular flexibility index (Phi) is 5.51. The first kappa shape index (κ1) is 22.9. The fraction of sp³-hybridized carbons (Fsp3) is 0.407. The highest BCUT2D eigenvalue weighted by Crippen LogP contribution is 2.53. The van der Waals surface area contributed by atoms with E-state index in [0.29, 0.717) is 23.6 Å². The van der Waals surface area contributed by atoms with Crippen molar-refractivity contribution in [3.05, 3.63) is 70.6 Å². The number of pyridine rings is 1. The number of rotatable bonds is 6. The van der Waals surface area contributed by atoms with Crippen LogP contribution in [-0.2, 0) is 24.3 Å².